The van der Waals surface area contributed by atoms with Gasteiger partial charge in [0.05, 0.1) is 12.5 Å². The van der Waals surface area contributed by atoms with Crippen molar-refractivity contribution >= 4 is 18.4 Å². The summed E-state index contributed by atoms with van der Waals surface area (Å²) in [5.41, 5.74) is 5.33. The third-order valence-corrected chi connectivity index (χ3v) is 1.63. The maximum absolute atomic E-state index is 11.1. The first-order valence-electron chi connectivity index (χ1n) is 4.12. The summed E-state index contributed by atoms with van der Waals surface area (Å²) >= 11 is 0. The van der Waals surface area contributed by atoms with Gasteiger partial charge in [-0.3, -0.25) is 4.79 Å². The molecule has 0 heterocycles. The van der Waals surface area contributed by atoms with Gasteiger partial charge in [0.25, 0.3) is 0 Å². The van der Waals surface area contributed by atoms with Crippen LogP contribution in [0.2, 0.25) is 0 Å². The fourth-order valence-corrected chi connectivity index (χ4v) is 0.950. The molecule has 0 bridgehead atoms. The molecule has 0 aliphatic heterocycles. The molecule has 74 valence electrons. The smallest absolute Gasteiger partial charge is 0.308 e. The van der Waals surface area contributed by atoms with E-state index < -0.39 is 0 Å². The summed E-state index contributed by atoms with van der Waals surface area (Å²) in [6.07, 6.45) is 1.55. The summed E-state index contributed by atoms with van der Waals surface area (Å²) in [6, 6.07) is 0. The Balaban J connectivity index is 0. The third kappa shape index (κ3) is 5.38. The molecule has 3 nitrogen and oxygen atoms in total. The molecule has 0 aromatic heterocycles. The Hall–Kier alpha value is -0.280. The Morgan fingerprint density at radius 2 is 2.08 bits per heavy atom. The van der Waals surface area contributed by atoms with E-state index in [9.17, 15) is 4.79 Å². The van der Waals surface area contributed by atoms with Crippen LogP contribution in [0.5, 0.6) is 0 Å². The standard InChI is InChI=1S/C8H17NO2.ClH/c1-3-7(5-6-9)8(10)11-4-2;/h7H,3-6,9H2,1-2H3;1H. The largest absolute Gasteiger partial charge is 0.466 e. The van der Waals surface area contributed by atoms with Gasteiger partial charge in [-0.25, -0.2) is 0 Å². The van der Waals surface area contributed by atoms with E-state index in [0.29, 0.717) is 13.2 Å². The van der Waals surface area contributed by atoms with Crippen LogP contribution in [0.25, 0.3) is 0 Å². The monoisotopic (exact) mass is 195 g/mol. The highest BCUT2D eigenvalue weighted by Gasteiger charge is 2.15. The Bertz CT molecular complexity index is 120. The van der Waals surface area contributed by atoms with E-state index in [4.69, 9.17) is 10.5 Å². The Morgan fingerprint density at radius 1 is 1.50 bits per heavy atom. The van der Waals surface area contributed by atoms with Gasteiger partial charge in [0.2, 0.25) is 0 Å². The number of halogens is 1. The van der Waals surface area contributed by atoms with Gasteiger partial charge < -0.3 is 10.5 Å². The van der Waals surface area contributed by atoms with Gasteiger partial charge >= 0.3 is 5.97 Å². The molecule has 0 spiro atoms. The molecule has 1 atom stereocenters. The lowest BCUT2D eigenvalue weighted by atomic mass is 10.0. The first-order chi connectivity index (χ1) is 5.26. The van der Waals surface area contributed by atoms with E-state index >= 15 is 0 Å². The Kier molecular flexibility index (Phi) is 10.5. The average molecular weight is 196 g/mol. The van der Waals surface area contributed by atoms with Crippen LogP contribution in [0.1, 0.15) is 26.7 Å². The lowest BCUT2D eigenvalue weighted by molar-refractivity contribution is -0.148. The predicted octanol–water partition coefficient (Wildman–Crippen LogP) is 1.35. The molecule has 4 heteroatoms. The van der Waals surface area contributed by atoms with Crippen molar-refractivity contribution in [2.75, 3.05) is 13.2 Å². The summed E-state index contributed by atoms with van der Waals surface area (Å²) in [5.74, 6) is -0.111. The minimum absolute atomic E-state index is 0. The zero-order chi connectivity index (χ0) is 8.69. The van der Waals surface area contributed by atoms with Gasteiger partial charge in [-0.05, 0) is 26.3 Å². The van der Waals surface area contributed by atoms with Gasteiger partial charge in [0, 0.05) is 0 Å². The maximum atomic E-state index is 11.1. The number of hydrogen-bond donors (Lipinski definition) is 1. The zero-order valence-corrected chi connectivity index (χ0v) is 8.52. The van der Waals surface area contributed by atoms with Gasteiger partial charge in [-0.1, -0.05) is 6.92 Å². The molecule has 0 rings (SSSR count). The van der Waals surface area contributed by atoms with E-state index in [0.717, 1.165) is 12.8 Å². The van der Waals surface area contributed by atoms with Gasteiger partial charge in [-0.2, -0.15) is 0 Å². The van der Waals surface area contributed by atoms with Crippen molar-refractivity contribution < 1.29 is 9.53 Å². The summed E-state index contributed by atoms with van der Waals surface area (Å²) in [4.78, 5) is 11.1. The molecule has 0 aromatic carbocycles. The van der Waals surface area contributed by atoms with Crippen LogP contribution in [-0.2, 0) is 9.53 Å². The minimum Gasteiger partial charge on any atom is -0.466 e. The molecule has 12 heavy (non-hydrogen) atoms. The number of carbonyl (C=O) groups is 1. The maximum Gasteiger partial charge on any atom is 0.308 e. The highest BCUT2D eigenvalue weighted by Crippen LogP contribution is 2.08. The third-order valence-electron chi connectivity index (χ3n) is 1.63. The fraction of sp³-hybridized carbons (Fsp3) is 0.875. The lowest BCUT2D eigenvalue weighted by Crippen LogP contribution is -2.20. The quantitative estimate of drug-likeness (QED) is 0.674. The lowest BCUT2D eigenvalue weighted by Gasteiger charge is -2.11. The summed E-state index contributed by atoms with van der Waals surface area (Å²) in [6.45, 7) is 4.79. The van der Waals surface area contributed by atoms with Crippen molar-refractivity contribution in [2.45, 2.75) is 26.7 Å². The van der Waals surface area contributed by atoms with Crippen LogP contribution in [0, 0.1) is 5.92 Å². The van der Waals surface area contributed by atoms with Crippen molar-refractivity contribution in [3.8, 4) is 0 Å². The van der Waals surface area contributed by atoms with Crippen LogP contribution in [0.15, 0.2) is 0 Å². The molecule has 2 N–H and O–H groups in total. The van der Waals surface area contributed by atoms with Crippen LogP contribution >= 0.6 is 12.4 Å². The molecular formula is C8H18ClNO2. The van der Waals surface area contributed by atoms with Crippen molar-refractivity contribution in [3.05, 3.63) is 0 Å². The molecule has 1 unspecified atom stereocenters. The second-order valence-electron chi connectivity index (χ2n) is 2.43. The van der Waals surface area contributed by atoms with Crippen LogP contribution in [0.3, 0.4) is 0 Å². The summed E-state index contributed by atoms with van der Waals surface area (Å²) in [7, 11) is 0. The summed E-state index contributed by atoms with van der Waals surface area (Å²) in [5, 5.41) is 0. The van der Waals surface area contributed by atoms with E-state index in [1.807, 2.05) is 13.8 Å². The SMILES string of the molecule is CCOC(=O)C(CC)CCN.Cl. The Labute approximate surface area is 80.1 Å². The van der Waals surface area contributed by atoms with Crippen molar-refractivity contribution in [2.24, 2.45) is 11.7 Å². The molecule has 0 amide bonds. The zero-order valence-electron chi connectivity index (χ0n) is 7.71. The Morgan fingerprint density at radius 3 is 2.42 bits per heavy atom. The number of rotatable bonds is 5. The van der Waals surface area contributed by atoms with Gasteiger partial charge in [0.1, 0.15) is 0 Å². The van der Waals surface area contributed by atoms with Crippen LogP contribution < -0.4 is 5.73 Å². The van der Waals surface area contributed by atoms with Crippen molar-refractivity contribution in [1.29, 1.82) is 0 Å². The van der Waals surface area contributed by atoms with E-state index in [1.165, 1.54) is 0 Å². The molecule has 0 fully saturated rings. The predicted molar refractivity (Wildman–Crippen MR) is 51.3 cm³/mol. The fourth-order valence-electron chi connectivity index (χ4n) is 0.950. The van der Waals surface area contributed by atoms with Crippen molar-refractivity contribution in [1.82, 2.24) is 0 Å². The molecule has 0 radical (unpaired) electrons. The highest BCUT2D eigenvalue weighted by molar-refractivity contribution is 5.85. The minimum atomic E-state index is -0.111. The normalized spacial score (nSPS) is 11.6. The first-order valence-corrected chi connectivity index (χ1v) is 4.12. The van der Waals surface area contributed by atoms with E-state index in [1.54, 1.807) is 0 Å². The molecule has 0 aromatic rings. The van der Waals surface area contributed by atoms with E-state index in [-0.39, 0.29) is 24.3 Å². The second kappa shape index (κ2) is 8.81. The van der Waals surface area contributed by atoms with Crippen LogP contribution in [0.4, 0.5) is 0 Å². The molecule has 0 aliphatic carbocycles. The molecule has 0 saturated carbocycles. The van der Waals surface area contributed by atoms with Crippen LogP contribution in [-0.4, -0.2) is 19.1 Å². The second-order valence-corrected chi connectivity index (χ2v) is 2.43. The van der Waals surface area contributed by atoms with E-state index in [2.05, 4.69) is 0 Å². The molecule has 0 aliphatic rings. The molecule has 0 saturated heterocycles. The van der Waals surface area contributed by atoms with Crippen molar-refractivity contribution in [3.63, 3.8) is 0 Å². The first kappa shape index (κ1) is 14.3. The van der Waals surface area contributed by atoms with Gasteiger partial charge in [-0.15, -0.1) is 12.4 Å². The number of hydrogen-bond acceptors (Lipinski definition) is 3. The number of esters is 1. The number of carbonyl (C=O) groups excluding carboxylic acids is 1. The summed E-state index contributed by atoms with van der Waals surface area (Å²) < 4.78 is 4.85. The highest BCUT2D eigenvalue weighted by atomic mass is 35.5. The average Bonchev–Trinajstić information content (AvgIpc) is 2.00. The van der Waals surface area contributed by atoms with Gasteiger partial charge in [0.15, 0.2) is 0 Å². The number of ether oxygens (including phenoxy) is 1. The topological polar surface area (TPSA) is 52.3 Å². The molecular weight excluding hydrogens is 178 g/mol. The number of nitrogens with two attached hydrogens (primary N) is 1.